The summed E-state index contributed by atoms with van der Waals surface area (Å²) in [5, 5.41) is 0.219. The maximum absolute atomic E-state index is 13.5. The van der Waals surface area contributed by atoms with Crippen molar-refractivity contribution in [2.45, 2.75) is 42.7 Å². The number of anilines is 1. The van der Waals surface area contributed by atoms with Crippen LogP contribution in [-0.4, -0.2) is 35.8 Å². The van der Waals surface area contributed by atoms with Crippen LogP contribution >= 0.6 is 11.5 Å². The highest BCUT2D eigenvalue weighted by molar-refractivity contribution is 7.93. The Balaban J connectivity index is 1.44. The summed E-state index contributed by atoms with van der Waals surface area (Å²) in [6, 6.07) is 12.1. The molecule has 10 heteroatoms. The van der Waals surface area contributed by atoms with Crippen LogP contribution in [0.25, 0.3) is 0 Å². The summed E-state index contributed by atoms with van der Waals surface area (Å²) in [5.41, 5.74) is 2.10. The fourth-order valence-electron chi connectivity index (χ4n) is 4.62. The average molecular weight is 475 g/mol. The fraction of sp³-hybridized carbons (Fsp3) is 0.364. The van der Waals surface area contributed by atoms with Gasteiger partial charge in [-0.2, -0.15) is 4.37 Å². The molecule has 0 bridgehead atoms. The van der Waals surface area contributed by atoms with Gasteiger partial charge in [0.15, 0.2) is 0 Å². The molecule has 1 N–H and O–H groups in total. The number of sulfonamides is 1. The summed E-state index contributed by atoms with van der Waals surface area (Å²) in [6.07, 6.45) is 5.36. The van der Waals surface area contributed by atoms with Crippen molar-refractivity contribution in [1.29, 1.82) is 0 Å². The van der Waals surface area contributed by atoms with Crippen LogP contribution in [0.4, 0.5) is 9.52 Å². The van der Waals surface area contributed by atoms with E-state index in [4.69, 9.17) is 4.74 Å². The minimum Gasteiger partial charge on any atom is -0.493 e. The number of ether oxygens (including phenoxy) is 1. The highest BCUT2D eigenvalue weighted by atomic mass is 32.2. The minimum atomic E-state index is -3.79. The molecule has 1 aromatic heterocycles. The molecule has 7 nitrogen and oxygen atoms in total. The zero-order chi connectivity index (χ0) is 22.1. The Labute approximate surface area is 190 Å². The molecule has 2 atom stereocenters. The van der Waals surface area contributed by atoms with Crippen LogP contribution in [0.15, 0.2) is 53.7 Å². The van der Waals surface area contributed by atoms with Gasteiger partial charge in [0, 0.05) is 41.7 Å². The monoisotopic (exact) mass is 474 g/mol. The zero-order valence-corrected chi connectivity index (χ0v) is 18.9. The Morgan fingerprint density at radius 2 is 1.94 bits per heavy atom. The number of rotatable bonds is 5. The van der Waals surface area contributed by atoms with E-state index in [0.717, 1.165) is 54.9 Å². The topological polar surface area (TPSA) is 84.4 Å². The number of nitrogens with one attached hydrogen (secondary N) is 1. The van der Waals surface area contributed by atoms with Gasteiger partial charge in [0.25, 0.3) is 10.0 Å². The third kappa shape index (κ3) is 4.22. The molecule has 168 valence electrons. The number of piperidine rings is 1. The summed E-state index contributed by atoms with van der Waals surface area (Å²) in [5.74, 6) is 0.355. The van der Waals surface area contributed by atoms with E-state index in [-0.39, 0.29) is 27.9 Å². The van der Waals surface area contributed by atoms with Crippen LogP contribution in [0.1, 0.15) is 48.9 Å². The standard InChI is InChI=1S/C22H23FN4O3S2/c23-16-6-4-15(5-7-16)19-3-1-2-11-27(19)20-10-12-30-21-13-17(8-9-18(20)21)32(28,29)26-22-24-14-25-31-22/h4-9,13-14,19-20H,1-3,10-12H2,(H,24,25,26). The molecule has 3 aromatic rings. The molecule has 1 fully saturated rings. The van der Waals surface area contributed by atoms with Gasteiger partial charge in [-0.1, -0.05) is 24.6 Å². The van der Waals surface area contributed by atoms with Crippen molar-refractivity contribution in [3.63, 3.8) is 0 Å². The third-order valence-corrected chi connectivity index (χ3v) is 8.13. The highest BCUT2D eigenvalue weighted by Gasteiger charge is 2.34. The molecule has 3 heterocycles. The first-order valence-corrected chi connectivity index (χ1v) is 12.8. The molecule has 0 radical (unpaired) electrons. The van der Waals surface area contributed by atoms with E-state index in [1.165, 1.54) is 18.5 Å². The average Bonchev–Trinajstić information content (AvgIpc) is 3.31. The first-order chi connectivity index (χ1) is 15.5. The summed E-state index contributed by atoms with van der Waals surface area (Å²) in [4.78, 5) is 6.48. The second kappa shape index (κ2) is 8.76. The van der Waals surface area contributed by atoms with Crippen molar-refractivity contribution in [2.75, 3.05) is 17.9 Å². The lowest BCUT2D eigenvalue weighted by molar-refractivity contribution is 0.0668. The van der Waals surface area contributed by atoms with E-state index in [9.17, 15) is 12.8 Å². The van der Waals surface area contributed by atoms with Crippen molar-refractivity contribution < 1.29 is 17.5 Å². The van der Waals surface area contributed by atoms with Crippen LogP contribution in [0.3, 0.4) is 0 Å². The first-order valence-electron chi connectivity index (χ1n) is 10.6. The molecule has 0 saturated carbocycles. The Kier molecular flexibility index (Phi) is 5.83. The van der Waals surface area contributed by atoms with Crippen LogP contribution in [0.5, 0.6) is 5.75 Å². The second-order valence-electron chi connectivity index (χ2n) is 8.01. The Hall–Kier alpha value is -2.56. The van der Waals surface area contributed by atoms with Crippen LogP contribution in [0, 0.1) is 5.82 Å². The summed E-state index contributed by atoms with van der Waals surface area (Å²) >= 11 is 0.979. The molecule has 32 heavy (non-hydrogen) atoms. The molecular formula is C22H23FN4O3S2. The number of fused-ring (bicyclic) bond motifs is 1. The Morgan fingerprint density at radius 3 is 2.72 bits per heavy atom. The maximum atomic E-state index is 13.5. The van der Waals surface area contributed by atoms with Crippen LogP contribution in [-0.2, 0) is 10.0 Å². The van der Waals surface area contributed by atoms with Crippen molar-refractivity contribution in [3.05, 3.63) is 65.7 Å². The zero-order valence-electron chi connectivity index (χ0n) is 17.3. The van der Waals surface area contributed by atoms with E-state index in [1.807, 2.05) is 18.2 Å². The van der Waals surface area contributed by atoms with Crippen molar-refractivity contribution in [2.24, 2.45) is 0 Å². The van der Waals surface area contributed by atoms with E-state index in [1.54, 1.807) is 12.1 Å². The normalized spacial score (nSPS) is 21.5. The highest BCUT2D eigenvalue weighted by Crippen LogP contribution is 2.44. The van der Waals surface area contributed by atoms with Gasteiger partial charge in [0.1, 0.15) is 17.9 Å². The SMILES string of the molecule is O=S(=O)(Nc1ncns1)c1ccc2c(c1)OCCC2N1CCCCC1c1ccc(F)cc1. The first kappa shape index (κ1) is 21.3. The van der Waals surface area contributed by atoms with Gasteiger partial charge in [0.2, 0.25) is 5.13 Å². The van der Waals surface area contributed by atoms with E-state index >= 15 is 0 Å². The van der Waals surface area contributed by atoms with E-state index in [0.29, 0.717) is 12.4 Å². The molecule has 5 rings (SSSR count). The smallest absolute Gasteiger partial charge is 0.263 e. The fourth-order valence-corrected chi connectivity index (χ4v) is 6.30. The number of likely N-dealkylation sites (tertiary alicyclic amines) is 1. The molecule has 0 spiro atoms. The molecule has 0 aliphatic carbocycles. The number of hydrogen-bond acceptors (Lipinski definition) is 7. The quantitative estimate of drug-likeness (QED) is 0.585. The molecule has 2 aliphatic heterocycles. The van der Waals surface area contributed by atoms with Crippen molar-refractivity contribution >= 4 is 26.7 Å². The number of halogens is 1. The van der Waals surface area contributed by atoms with Gasteiger partial charge in [-0.25, -0.2) is 17.8 Å². The molecule has 1 saturated heterocycles. The predicted molar refractivity (Wildman–Crippen MR) is 120 cm³/mol. The lowest BCUT2D eigenvalue weighted by Gasteiger charge is -2.43. The van der Waals surface area contributed by atoms with Gasteiger partial charge in [-0.3, -0.25) is 9.62 Å². The number of hydrogen-bond donors (Lipinski definition) is 1. The van der Waals surface area contributed by atoms with Gasteiger partial charge >= 0.3 is 0 Å². The largest absolute Gasteiger partial charge is 0.493 e. The minimum absolute atomic E-state index is 0.113. The van der Waals surface area contributed by atoms with Gasteiger partial charge < -0.3 is 4.74 Å². The molecular weight excluding hydrogens is 451 g/mol. The Morgan fingerprint density at radius 1 is 1.09 bits per heavy atom. The van der Waals surface area contributed by atoms with Crippen LogP contribution < -0.4 is 9.46 Å². The van der Waals surface area contributed by atoms with Gasteiger partial charge in [-0.15, -0.1) is 0 Å². The van der Waals surface area contributed by atoms with E-state index in [2.05, 4.69) is 19.0 Å². The van der Waals surface area contributed by atoms with Crippen molar-refractivity contribution in [1.82, 2.24) is 14.3 Å². The Bertz CT molecular complexity index is 1190. The third-order valence-electron chi connectivity index (χ3n) is 6.09. The number of nitrogens with zero attached hydrogens (tertiary/aromatic N) is 3. The molecule has 2 aromatic carbocycles. The summed E-state index contributed by atoms with van der Waals surface area (Å²) in [6.45, 7) is 1.45. The van der Waals surface area contributed by atoms with Gasteiger partial charge in [-0.05, 0) is 43.1 Å². The van der Waals surface area contributed by atoms with Gasteiger partial charge in [0.05, 0.1) is 11.5 Å². The van der Waals surface area contributed by atoms with Crippen molar-refractivity contribution in [3.8, 4) is 5.75 Å². The second-order valence-corrected chi connectivity index (χ2v) is 10.5. The lowest BCUT2D eigenvalue weighted by Crippen LogP contribution is -2.38. The molecule has 0 amide bonds. The van der Waals surface area contributed by atoms with E-state index < -0.39 is 10.0 Å². The molecule has 2 aliphatic rings. The number of benzene rings is 2. The lowest BCUT2D eigenvalue weighted by atomic mass is 9.89. The number of aromatic nitrogens is 2. The summed E-state index contributed by atoms with van der Waals surface area (Å²) < 4.78 is 51.1. The predicted octanol–water partition coefficient (Wildman–Crippen LogP) is 4.53. The summed E-state index contributed by atoms with van der Waals surface area (Å²) in [7, 11) is -3.79. The maximum Gasteiger partial charge on any atom is 0.263 e. The molecule has 2 unspecified atom stereocenters. The van der Waals surface area contributed by atoms with Crippen LogP contribution in [0.2, 0.25) is 0 Å².